The molecule has 5 heteroatoms. The summed E-state index contributed by atoms with van der Waals surface area (Å²) in [6.07, 6.45) is 2.71. The molecule has 0 saturated heterocycles. The van der Waals surface area contributed by atoms with Gasteiger partial charge in [0.2, 0.25) is 5.13 Å². The Morgan fingerprint density at radius 3 is 2.75 bits per heavy atom. The van der Waals surface area contributed by atoms with Gasteiger partial charge in [-0.15, -0.1) is 0 Å². The number of rotatable bonds is 6. The lowest BCUT2D eigenvalue weighted by Gasteiger charge is -1.99. The number of hydrogen-bond acceptors (Lipinski definition) is 5. The first-order chi connectivity index (χ1) is 11.8. The van der Waals surface area contributed by atoms with Crippen LogP contribution in [0.1, 0.15) is 17.4 Å². The van der Waals surface area contributed by atoms with Gasteiger partial charge in [0, 0.05) is 10.4 Å². The van der Waals surface area contributed by atoms with E-state index in [-0.39, 0.29) is 0 Å². The molecule has 0 aliphatic rings. The van der Waals surface area contributed by atoms with Gasteiger partial charge in [-0.2, -0.15) is 5.10 Å². The van der Waals surface area contributed by atoms with Gasteiger partial charge in [-0.25, -0.2) is 4.98 Å². The molecule has 1 aromatic heterocycles. The Labute approximate surface area is 145 Å². The quantitative estimate of drug-likeness (QED) is 0.518. The summed E-state index contributed by atoms with van der Waals surface area (Å²) in [7, 11) is 1.65. The molecule has 3 aromatic rings. The molecule has 1 heterocycles. The first kappa shape index (κ1) is 16.2. The van der Waals surface area contributed by atoms with E-state index in [9.17, 15) is 0 Å². The van der Waals surface area contributed by atoms with E-state index in [2.05, 4.69) is 34.6 Å². The van der Waals surface area contributed by atoms with Crippen LogP contribution in [-0.4, -0.2) is 18.3 Å². The highest BCUT2D eigenvalue weighted by atomic mass is 32.1. The molecule has 0 fully saturated rings. The number of aromatic nitrogens is 1. The van der Waals surface area contributed by atoms with Crippen molar-refractivity contribution in [2.75, 3.05) is 12.5 Å². The zero-order valence-electron chi connectivity index (χ0n) is 13.7. The van der Waals surface area contributed by atoms with Crippen LogP contribution in [0.25, 0.3) is 11.3 Å². The van der Waals surface area contributed by atoms with Crippen LogP contribution in [0.15, 0.2) is 59.7 Å². The first-order valence-corrected chi connectivity index (χ1v) is 8.60. The molecule has 0 atom stereocenters. The molecule has 0 amide bonds. The van der Waals surface area contributed by atoms with E-state index in [1.807, 2.05) is 42.5 Å². The van der Waals surface area contributed by atoms with Gasteiger partial charge in [0.1, 0.15) is 5.75 Å². The summed E-state index contributed by atoms with van der Waals surface area (Å²) in [5.41, 5.74) is 6.17. The molecule has 0 saturated carbocycles. The zero-order chi connectivity index (χ0) is 16.8. The highest BCUT2D eigenvalue weighted by molar-refractivity contribution is 7.16. The molecular formula is C19H19N3OS. The van der Waals surface area contributed by atoms with Gasteiger partial charge in [-0.05, 0) is 24.1 Å². The fourth-order valence-electron chi connectivity index (χ4n) is 2.34. The lowest BCUT2D eigenvalue weighted by molar-refractivity contribution is 0.415. The Morgan fingerprint density at radius 1 is 1.17 bits per heavy atom. The van der Waals surface area contributed by atoms with Crippen molar-refractivity contribution in [3.8, 4) is 17.0 Å². The summed E-state index contributed by atoms with van der Waals surface area (Å²) in [6, 6.07) is 18.0. The van der Waals surface area contributed by atoms with Crippen molar-refractivity contribution in [2.45, 2.75) is 13.3 Å². The molecule has 0 bridgehead atoms. The van der Waals surface area contributed by atoms with Crippen molar-refractivity contribution in [3.63, 3.8) is 0 Å². The second kappa shape index (κ2) is 7.75. The number of nitrogens with zero attached hydrogens (tertiary/aromatic N) is 2. The average molecular weight is 337 g/mol. The number of anilines is 1. The van der Waals surface area contributed by atoms with Gasteiger partial charge >= 0.3 is 0 Å². The lowest BCUT2D eigenvalue weighted by atomic mass is 10.1. The topological polar surface area (TPSA) is 46.5 Å². The average Bonchev–Trinajstić information content (AvgIpc) is 3.06. The van der Waals surface area contributed by atoms with E-state index in [1.165, 1.54) is 4.88 Å². The fourth-order valence-corrected chi connectivity index (χ4v) is 3.22. The fraction of sp³-hybridized carbons (Fsp3) is 0.158. The van der Waals surface area contributed by atoms with E-state index in [1.54, 1.807) is 24.7 Å². The van der Waals surface area contributed by atoms with Crippen LogP contribution in [0, 0.1) is 0 Å². The highest BCUT2D eigenvalue weighted by Gasteiger charge is 2.10. The third kappa shape index (κ3) is 3.81. The SMILES string of the molecule is CCc1sc(N/N=C\c2cccc(OC)c2)nc1-c1ccccc1. The minimum absolute atomic E-state index is 0.796. The maximum absolute atomic E-state index is 5.21. The van der Waals surface area contributed by atoms with Crippen LogP contribution in [0.3, 0.4) is 0 Å². The number of thiazole rings is 1. The van der Waals surface area contributed by atoms with Crippen molar-refractivity contribution in [1.29, 1.82) is 0 Å². The molecule has 0 aliphatic carbocycles. The largest absolute Gasteiger partial charge is 0.497 e. The smallest absolute Gasteiger partial charge is 0.204 e. The summed E-state index contributed by atoms with van der Waals surface area (Å²) in [5, 5.41) is 5.08. The van der Waals surface area contributed by atoms with Crippen molar-refractivity contribution in [1.82, 2.24) is 4.98 Å². The maximum Gasteiger partial charge on any atom is 0.204 e. The summed E-state index contributed by atoms with van der Waals surface area (Å²) >= 11 is 1.64. The molecule has 3 rings (SSSR count). The maximum atomic E-state index is 5.21. The lowest BCUT2D eigenvalue weighted by Crippen LogP contribution is -1.91. The van der Waals surface area contributed by atoms with Crippen LogP contribution in [0.2, 0.25) is 0 Å². The van der Waals surface area contributed by atoms with Crippen molar-refractivity contribution in [3.05, 3.63) is 65.0 Å². The van der Waals surface area contributed by atoms with Crippen LogP contribution in [-0.2, 0) is 6.42 Å². The van der Waals surface area contributed by atoms with Crippen LogP contribution >= 0.6 is 11.3 Å². The third-order valence-electron chi connectivity index (χ3n) is 3.53. The molecule has 24 heavy (non-hydrogen) atoms. The van der Waals surface area contributed by atoms with Crippen LogP contribution in [0.5, 0.6) is 5.75 Å². The van der Waals surface area contributed by atoms with Gasteiger partial charge in [0.25, 0.3) is 0 Å². The van der Waals surface area contributed by atoms with E-state index in [0.29, 0.717) is 0 Å². The Bertz CT molecular complexity index is 828. The number of nitrogens with one attached hydrogen (secondary N) is 1. The molecule has 0 unspecified atom stereocenters. The standard InChI is InChI=1S/C19H19N3OS/c1-3-17-18(15-9-5-4-6-10-15)21-19(24-17)22-20-13-14-8-7-11-16(12-14)23-2/h4-13H,3H2,1-2H3,(H,21,22)/b20-13-. The number of aryl methyl sites for hydroxylation is 1. The monoisotopic (exact) mass is 337 g/mol. The number of hydrogen-bond donors (Lipinski definition) is 1. The molecule has 0 spiro atoms. The molecule has 4 nitrogen and oxygen atoms in total. The van der Waals surface area contributed by atoms with Crippen molar-refractivity contribution < 1.29 is 4.74 Å². The molecule has 0 radical (unpaired) electrons. The normalized spacial score (nSPS) is 10.9. The summed E-state index contributed by atoms with van der Waals surface area (Å²) in [5.74, 6) is 0.813. The zero-order valence-corrected chi connectivity index (χ0v) is 14.5. The van der Waals surface area contributed by atoms with E-state index in [0.717, 1.165) is 34.1 Å². The molecular weight excluding hydrogens is 318 g/mol. The predicted octanol–water partition coefficient (Wildman–Crippen LogP) is 4.83. The van der Waals surface area contributed by atoms with E-state index >= 15 is 0 Å². The predicted molar refractivity (Wildman–Crippen MR) is 101 cm³/mol. The Kier molecular flexibility index (Phi) is 5.23. The Balaban J connectivity index is 1.76. The van der Waals surface area contributed by atoms with E-state index < -0.39 is 0 Å². The Hall–Kier alpha value is -2.66. The number of benzene rings is 2. The van der Waals surface area contributed by atoms with Crippen molar-refractivity contribution in [2.24, 2.45) is 5.10 Å². The molecule has 0 aliphatic heterocycles. The minimum atomic E-state index is 0.796. The summed E-state index contributed by atoms with van der Waals surface area (Å²) in [6.45, 7) is 2.14. The van der Waals surface area contributed by atoms with Crippen LogP contribution < -0.4 is 10.2 Å². The molecule has 1 N–H and O–H groups in total. The van der Waals surface area contributed by atoms with Crippen molar-refractivity contribution >= 4 is 22.7 Å². The minimum Gasteiger partial charge on any atom is -0.497 e. The summed E-state index contributed by atoms with van der Waals surface area (Å²) < 4.78 is 5.21. The van der Waals surface area contributed by atoms with Gasteiger partial charge < -0.3 is 4.74 Å². The first-order valence-electron chi connectivity index (χ1n) is 7.78. The second-order valence-electron chi connectivity index (χ2n) is 5.16. The van der Waals surface area contributed by atoms with Gasteiger partial charge in [0.05, 0.1) is 19.0 Å². The number of methoxy groups -OCH3 is 1. The number of hydrazone groups is 1. The highest BCUT2D eigenvalue weighted by Crippen LogP contribution is 2.31. The van der Waals surface area contributed by atoms with Gasteiger partial charge in [0.15, 0.2) is 0 Å². The second-order valence-corrected chi connectivity index (χ2v) is 6.24. The third-order valence-corrected chi connectivity index (χ3v) is 4.64. The summed E-state index contributed by atoms with van der Waals surface area (Å²) in [4.78, 5) is 5.94. The van der Waals surface area contributed by atoms with E-state index in [4.69, 9.17) is 4.74 Å². The number of ether oxygens (including phenoxy) is 1. The van der Waals surface area contributed by atoms with Gasteiger partial charge in [-0.1, -0.05) is 60.7 Å². The molecule has 122 valence electrons. The molecule has 2 aromatic carbocycles. The van der Waals surface area contributed by atoms with Crippen LogP contribution in [0.4, 0.5) is 5.13 Å². The van der Waals surface area contributed by atoms with Gasteiger partial charge in [-0.3, -0.25) is 5.43 Å². The Morgan fingerprint density at radius 2 is 2.00 bits per heavy atom.